The molecule has 0 spiro atoms. The standard InChI is InChI=1S/C24H40O10S2/c1-14(4-7-21(25)26)17-5-6-18-22-19(9-11-24(17,18)3)23(2)10-8-16(33-35(27,28)29)12-15(23)13-20(22)34-36(30,31)32/h14-20,22H,4-13H2,1-3H3,(H,25,26)(H,27,28,29)(H,30,31,32)/t14-,15+,16-,17-,18+,19+,20-,22+,23+,24-/m1/s1. The van der Waals surface area contributed by atoms with Gasteiger partial charge in [-0.3, -0.25) is 13.9 Å². The highest BCUT2D eigenvalue weighted by Gasteiger charge is 2.64. The molecule has 3 N–H and O–H groups in total. The third kappa shape index (κ3) is 5.49. The van der Waals surface area contributed by atoms with Gasteiger partial charge >= 0.3 is 26.8 Å². The van der Waals surface area contributed by atoms with Gasteiger partial charge in [-0.25, -0.2) is 8.37 Å². The van der Waals surface area contributed by atoms with Crippen LogP contribution in [0.3, 0.4) is 0 Å². The Morgan fingerprint density at radius 1 is 0.917 bits per heavy atom. The zero-order valence-electron chi connectivity index (χ0n) is 21.2. The van der Waals surface area contributed by atoms with Crippen molar-refractivity contribution in [3.8, 4) is 0 Å². The molecule has 0 bridgehead atoms. The highest BCUT2D eigenvalue weighted by Crippen LogP contribution is 2.69. The number of fused-ring (bicyclic) bond motifs is 5. The molecule has 0 heterocycles. The lowest BCUT2D eigenvalue weighted by molar-refractivity contribution is -0.166. The van der Waals surface area contributed by atoms with E-state index in [1.165, 1.54) is 0 Å². The van der Waals surface area contributed by atoms with Crippen molar-refractivity contribution >= 4 is 26.8 Å². The summed E-state index contributed by atoms with van der Waals surface area (Å²) in [7, 11) is -9.30. The maximum absolute atomic E-state index is 11.9. The fourth-order valence-corrected chi connectivity index (χ4v) is 10.2. The lowest BCUT2D eigenvalue weighted by Crippen LogP contribution is -2.59. The first kappa shape index (κ1) is 28.2. The highest BCUT2D eigenvalue weighted by molar-refractivity contribution is 7.81. The van der Waals surface area contributed by atoms with Crippen molar-refractivity contribution in [2.45, 2.75) is 97.2 Å². The van der Waals surface area contributed by atoms with Crippen LogP contribution in [0.5, 0.6) is 0 Å². The molecule has 0 radical (unpaired) electrons. The van der Waals surface area contributed by atoms with Crippen molar-refractivity contribution in [1.82, 2.24) is 0 Å². The molecule has 4 saturated carbocycles. The molecule has 208 valence electrons. The largest absolute Gasteiger partial charge is 0.481 e. The first-order chi connectivity index (χ1) is 16.5. The topological polar surface area (TPSA) is 164 Å². The first-order valence-electron chi connectivity index (χ1n) is 13.1. The molecule has 12 heteroatoms. The van der Waals surface area contributed by atoms with E-state index >= 15 is 0 Å². The van der Waals surface area contributed by atoms with Gasteiger partial charge in [0.05, 0.1) is 12.2 Å². The Bertz CT molecular complexity index is 1060. The molecule has 0 amide bonds. The Kier molecular flexibility index (Phi) is 7.64. The van der Waals surface area contributed by atoms with Crippen molar-refractivity contribution in [1.29, 1.82) is 0 Å². The van der Waals surface area contributed by atoms with Crippen molar-refractivity contribution in [2.75, 3.05) is 0 Å². The molecule has 0 aromatic carbocycles. The molecular weight excluding hydrogens is 512 g/mol. The quantitative estimate of drug-likeness (QED) is 0.373. The number of aliphatic carboxylic acids is 1. The normalized spacial score (nSPS) is 43.8. The zero-order valence-corrected chi connectivity index (χ0v) is 22.8. The van der Waals surface area contributed by atoms with Crippen LogP contribution in [0.15, 0.2) is 0 Å². The minimum Gasteiger partial charge on any atom is -0.481 e. The van der Waals surface area contributed by atoms with Crippen LogP contribution in [0.1, 0.15) is 85.0 Å². The molecule has 0 aromatic heterocycles. The van der Waals surface area contributed by atoms with E-state index in [0.717, 1.165) is 25.7 Å². The summed E-state index contributed by atoms with van der Waals surface area (Å²) in [6.07, 6.45) is 4.89. The average molecular weight is 553 g/mol. The molecule has 4 fully saturated rings. The summed E-state index contributed by atoms with van der Waals surface area (Å²) in [6, 6.07) is 0. The van der Waals surface area contributed by atoms with E-state index in [0.29, 0.717) is 38.0 Å². The molecule has 36 heavy (non-hydrogen) atoms. The fourth-order valence-electron chi connectivity index (χ4n) is 9.20. The molecule has 0 aliphatic heterocycles. The molecule has 10 atom stereocenters. The van der Waals surface area contributed by atoms with E-state index in [1.54, 1.807) is 0 Å². The van der Waals surface area contributed by atoms with E-state index in [9.17, 15) is 30.7 Å². The molecule has 0 saturated heterocycles. The summed E-state index contributed by atoms with van der Waals surface area (Å²) < 4.78 is 75.5. The second-order valence-corrected chi connectivity index (χ2v) is 14.4. The summed E-state index contributed by atoms with van der Waals surface area (Å²) in [5.74, 6) is -0.0748. The van der Waals surface area contributed by atoms with Crippen LogP contribution in [0.2, 0.25) is 0 Å². The third-order valence-corrected chi connectivity index (χ3v) is 11.7. The van der Waals surface area contributed by atoms with Gasteiger partial charge in [0.1, 0.15) is 0 Å². The van der Waals surface area contributed by atoms with Crippen LogP contribution in [0.25, 0.3) is 0 Å². The van der Waals surface area contributed by atoms with Gasteiger partial charge in [0, 0.05) is 6.42 Å². The SMILES string of the molecule is C[C@H](CCC(=O)O)[C@H]1CC[C@H]2[C@@H]3[C@H](OS(=O)(=O)O)C[C@@H]4C[C@H](OS(=O)(=O)O)CC[C@]4(C)[C@H]3CC[C@]12C. The van der Waals surface area contributed by atoms with E-state index in [4.69, 9.17) is 13.5 Å². The van der Waals surface area contributed by atoms with Crippen molar-refractivity contribution in [3.63, 3.8) is 0 Å². The van der Waals surface area contributed by atoms with Gasteiger partial charge in [-0.15, -0.1) is 0 Å². The number of rotatable bonds is 8. The van der Waals surface area contributed by atoms with Crippen LogP contribution in [-0.2, 0) is 34.0 Å². The van der Waals surface area contributed by atoms with Gasteiger partial charge in [-0.05, 0) is 104 Å². The van der Waals surface area contributed by atoms with Crippen LogP contribution in [0, 0.1) is 46.3 Å². The molecule has 0 aromatic rings. The first-order valence-corrected chi connectivity index (χ1v) is 15.8. The van der Waals surface area contributed by atoms with E-state index in [-0.39, 0.29) is 46.8 Å². The summed E-state index contributed by atoms with van der Waals surface area (Å²) in [6.45, 7) is 6.58. The van der Waals surface area contributed by atoms with E-state index in [1.807, 2.05) is 0 Å². The number of carbonyl (C=O) groups is 1. The smallest absolute Gasteiger partial charge is 0.397 e. The predicted molar refractivity (Wildman–Crippen MR) is 129 cm³/mol. The second kappa shape index (κ2) is 9.75. The van der Waals surface area contributed by atoms with E-state index < -0.39 is 39.0 Å². The number of hydrogen-bond donors (Lipinski definition) is 3. The van der Waals surface area contributed by atoms with Gasteiger partial charge < -0.3 is 5.11 Å². The lowest BCUT2D eigenvalue weighted by Gasteiger charge is -2.62. The zero-order chi connectivity index (χ0) is 26.7. The van der Waals surface area contributed by atoms with Gasteiger partial charge in [0.2, 0.25) is 0 Å². The Balaban J connectivity index is 1.63. The maximum Gasteiger partial charge on any atom is 0.397 e. The minimum atomic E-state index is -4.70. The number of carboxylic acids is 1. The maximum atomic E-state index is 11.9. The lowest BCUT2D eigenvalue weighted by atomic mass is 9.43. The molecule has 4 aliphatic rings. The Morgan fingerprint density at radius 3 is 2.14 bits per heavy atom. The summed E-state index contributed by atoms with van der Waals surface area (Å²) in [5.41, 5.74) is -0.244. The second-order valence-electron chi connectivity index (χ2n) is 12.3. The molecule has 10 nitrogen and oxygen atoms in total. The van der Waals surface area contributed by atoms with Crippen molar-refractivity contribution in [3.05, 3.63) is 0 Å². The Labute approximate surface area is 214 Å². The molecular formula is C24H40O10S2. The predicted octanol–water partition coefficient (Wildman–Crippen LogP) is 4.13. The van der Waals surface area contributed by atoms with Crippen LogP contribution in [-0.4, -0.2) is 49.2 Å². The van der Waals surface area contributed by atoms with Gasteiger partial charge in [0.25, 0.3) is 0 Å². The van der Waals surface area contributed by atoms with Crippen LogP contribution < -0.4 is 0 Å². The molecule has 4 aliphatic carbocycles. The van der Waals surface area contributed by atoms with Crippen LogP contribution >= 0.6 is 0 Å². The summed E-state index contributed by atoms with van der Waals surface area (Å²) in [4.78, 5) is 11.2. The Hall–Kier alpha value is -0.790. The summed E-state index contributed by atoms with van der Waals surface area (Å²) in [5, 5.41) is 9.17. The van der Waals surface area contributed by atoms with Gasteiger partial charge in [-0.2, -0.15) is 16.8 Å². The minimum absolute atomic E-state index is 0.0750. The summed E-state index contributed by atoms with van der Waals surface area (Å²) >= 11 is 0. The monoisotopic (exact) mass is 552 g/mol. The molecule has 0 unspecified atom stereocenters. The molecule has 4 rings (SSSR count). The third-order valence-electron chi connectivity index (χ3n) is 10.7. The van der Waals surface area contributed by atoms with Crippen LogP contribution in [0.4, 0.5) is 0 Å². The van der Waals surface area contributed by atoms with E-state index in [2.05, 4.69) is 20.8 Å². The van der Waals surface area contributed by atoms with Crippen molar-refractivity contribution < 1.29 is 44.2 Å². The number of carboxylic acid groups (broad SMARTS) is 1. The Morgan fingerprint density at radius 2 is 1.53 bits per heavy atom. The van der Waals surface area contributed by atoms with Gasteiger partial charge in [-0.1, -0.05) is 20.8 Å². The van der Waals surface area contributed by atoms with Gasteiger partial charge in [0.15, 0.2) is 0 Å². The average Bonchev–Trinajstić information content (AvgIpc) is 3.08. The fraction of sp³-hybridized carbons (Fsp3) is 0.958. The van der Waals surface area contributed by atoms with Crippen molar-refractivity contribution in [2.24, 2.45) is 46.3 Å². The highest BCUT2D eigenvalue weighted by atomic mass is 32.3. The number of hydrogen-bond acceptors (Lipinski definition) is 7.